The summed E-state index contributed by atoms with van der Waals surface area (Å²) in [4.78, 5) is 11.7. The van der Waals surface area contributed by atoms with Crippen LogP contribution in [0.15, 0.2) is 54.7 Å². The molecule has 0 spiro atoms. The summed E-state index contributed by atoms with van der Waals surface area (Å²) in [6, 6.07) is 14.7. The summed E-state index contributed by atoms with van der Waals surface area (Å²) in [6.45, 7) is 0.369. The number of H-pyrrole nitrogens is 1. The smallest absolute Gasteiger partial charge is 0.407 e. The summed E-state index contributed by atoms with van der Waals surface area (Å²) in [5, 5.41) is 30.7. The predicted octanol–water partition coefficient (Wildman–Crippen LogP) is 2.27. The minimum atomic E-state index is -1.07. The Morgan fingerprint density at radius 3 is 2.77 bits per heavy atom. The van der Waals surface area contributed by atoms with Gasteiger partial charge >= 0.3 is 6.09 Å². The van der Waals surface area contributed by atoms with E-state index in [9.17, 15) is 15.0 Å². The first kappa shape index (κ1) is 17.9. The number of nitrogens with one attached hydrogen (secondary N) is 2. The number of benzene rings is 2. The highest BCUT2D eigenvalue weighted by Gasteiger charge is 2.21. The number of nitrogens with zero attached hydrogens (tertiary/aromatic N) is 1. The summed E-state index contributed by atoms with van der Waals surface area (Å²) >= 11 is 0. The van der Waals surface area contributed by atoms with Crippen LogP contribution in [0.4, 0.5) is 4.79 Å². The summed E-state index contributed by atoms with van der Waals surface area (Å²) in [7, 11) is 0. The molecule has 1 aromatic heterocycles. The van der Waals surface area contributed by atoms with Gasteiger partial charge in [-0.2, -0.15) is 5.10 Å². The molecule has 7 heteroatoms. The third-order valence-corrected chi connectivity index (χ3v) is 4.12. The lowest BCUT2D eigenvalue weighted by molar-refractivity contribution is 0.0145. The zero-order valence-electron chi connectivity index (χ0n) is 14.1. The molecule has 1 amide bonds. The van der Waals surface area contributed by atoms with Gasteiger partial charge in [0, 0.05) is 11.9 Å². The summed E-state index contributed by atoms with van der Waals surface area (Å²) in [5.74, 6) is 0. The zero-order valence-corrected chi connectivity index (χ0v) is 14.1. The van der Waals surface area contributed by atoms with E-state index in [0.717, 1.165) is 16.5 Å². The van der Waals surface area contributed by atoms with E-state index < -0.39 is 18.3 Å². The van der Waals surface area contributed by atoms with Crippen molar-refractivity contribution in [2.75, 3.05) is 6.54 Å². The number of alkyl carbamates (subject to hydrolysis) is 1. The van der Waals surface area contributed by atoms with Crippen LogP contribution < -0.4 is 5.32 Å². The third kappa shape index (κ3) is 4.38. The van der Waals surface area contributed by atoms with Gasteiger partial charge in [0.05, 0.1) is 17.8 Å². The second-order valence-electron chi connectivity index (χ2n) is 5.97. The Kier molecular flexibility index (Phi) is 5.83. The topological polar surface area (TPSA) is 107 Å². The normalized spacial score (nSPS) is 13.3. The number of fused-ring (bicyclic) bond motifs is 1. The van der Waals surface area contributed by atoms with E-state index in [1.54, 1.807) is 18.3 Å². The first-order valence-corrected chi connectivity index (χ1v) is 8.38. The van der Waals surface area contributed by atoms with Gasteiger partial charge in [0.1, 0.15) is 12.7 Å². The fourth-order valence-corrected chi connectivity index (χ4v) is 2.71. The van der Waals surface area contributed by atoms with Crippen LogP contribution in [0.2, 0.25) is 0 Å². The van der Waals surface area contributed by atoms with Crippen molar-refractivity contribution < 1.29 is 19.7 Å². The van der Waals surface area contributed by atoms with E-state index in [1.807, 2.05) is 36.4 Å². The van der Waals surface area contributed by atoms with Crippen LogP contribution >= 0.6 is 0 Å². The molecular formula is C19H21N3O4. The van der Waals surface area contributed by atoms with E-state index in [0.29, 0.717) is 5.56 Å². The molecule has 2 unspecified atom stereocenters. The van der Waals surface area contributed by atoms with Crippen molar-refractivity contribution in [1.29, 1.82) is 0 Å². The fourth-order valence-electron chi connectivity index (χ4n) is 2.71. The molecule has 0 saturated carbocycles. The Labute approximate surface area is 150 Å². The van der Waals surface area contributed by atoms with E-state index in [1.165, 1.54) is 0 Å². The number of aromatic amines is 1. The molecule has 3 aromatic rings. The van der Waals surface area contributed by atoms with Crippen molar-refractivity contribution in [2.24, 2.45) is 0 Å². The number of amides is 1. The van der Waals surface area contributed by atoms with Gasteiger partial charge in [0.2, 0.25) is 0 Å². The molecule has 26 heavy (non-hydrogen) atoms. The van der Waals surface area contributed by atoms with Crippen LogP contribution in [0, 0.1) is 0 Å². The van der Waals surface area contributed by atoms with Crippen LogP contribution in [0.25, 0.3) is 10.9 Å². The summed E-state index contributed by atoms with van der Waals surface area (Å²) in [6.07, 6.45) is -0.855. The zero-order chi connectivity index (χ0) is 18.4. The third-order valence-electron chi connectivity index (χ3n) is 4.12. The second kappa shape index (κ2) is 8.46. The first-order valence-electron chi connectivity index (χ1n) is 8.38. The summed E-state index contributed by atoms with van der Waals surface area (Å²) < 4.78 is 5.10. The number of aliphatic hydroxyl groups is 2. The van der Waals surface area contributed by atoms with Crippen molar-refractivity contribution in [3.63, 3.8) is 0 Å². The number of carbonyl (C=O) groups excluding carboxylic acids is 1. The van der Waals surface area contributed by atoms with Crippen LogP contribution in [0.5, 0.6) is 0 Å². The Balaban J connectivity index is 1.45. The number of rotatable bonds is 7. The van der Waals surface area contributed by atoms with Crippen LogP contribution in [0.1, 0.15) is 23.7 Å². The van der Waals surface area contributed by atoms with Crippen LogP contribution in [0.3, 0.4) is 0 Å². The number of aliphatic hydroxyl groups excluding tert-OH is 2. The van der Waals surface area contributed by atoms with E-state index in [-0.39, 0.29) is 19.6 Å². The maximum absolute atomic E-state index is 11.7. The van der Waals surface area contributed by atoms with Gasteiger partial charge < -0.3 is 20.3 Å². The molecule has 136 valence electrons. The maximum atomic E-state index is 11.7. The summed E-state index contributed by atoms with van der Waals surface area (Å²) in [5.41, 5.74) is 2.28. The van der Waals surface area contributed by atoms with Gasteiger partial charge in [-0.1, -0.05) is 42.5 Å². The lowest BCUT2D eigenvalue weighted by Crippen LogP contribution is -2.29. The van der Waals surface area contributed by atoms with Gasteiger partial charge in [0.15, 0.2) is 0 Å². The Hall–Kier alpha value is -2.90. The van der Waals surface area contributed by atoms with Crippen LogP contribution in [-0.2, 0) is 11.3 Å². The molecular weight excluding hydrogens is 334 g/mol. The highest BCUT2D eigenvalue weighted by molar-refractivity contribution is 5.81. The number of carbonyl (C=O) groups is 1. The van der Waals surface area contributed by atoms with Crippen molar-refractivity contribution in [2.45, 2.75) is 25.2 Å². The SMILES string of the molecule is O=C(NCCC(O)C(O)c1cccc2[nH]ncc12)OCc1ccccc1. The number of hydrogen-bond donors (Lipinski definition) is 4. The van der Waals surface area contributed by atoms with Gasteiger partial charge in [-0.05, 0) is 23.6 Å². The molecule has 7 nitrogen and oxygen atoms in total. The molecule has 0 aliphatic carbocycles. The molecule has 2 atom stereocenters. The Morgan fingerprint density at radius 2 is 1.96 bits per heavy atom. The molecule has 0 bridgehead atoms. The van der Waals surface area contributed by atoms with Crippen LogP contribution in [-0.4, -0.2) is 39.2 Å². The molecule has 3 rings (SSSR count). The van der Waals surface area contributed by atoms with Gasteiger partial charge in [-0.15, -0.1) is 0 Å². The van der Waals surface area contributed by atoms with Crippen molar-refractivity contribution >= 4 is 17.0 Å². The number of ether oxygens (including phenoxy) is 1. The molecule has 2 aromatic carbocycles. The molecule has 0 fully saturated rings. The molecule has 0 saturated heterocycles. The predicted molar refractivity (Wildman–Crippen MR) is 96.3 cm³/mol. The largest absolute Gasteiger partial charge is 0.445 e. The van der Waals surface area contributed by atoms with Crippen molar-refractivity contribution in [3.05, 3.63) is 65.9 Å². The molecule has 0 aliphatic rings. The average molecular weight is 355 g/mol. The lowest BCUT2D eigenvalue weighted by atomic mass is 9.99. The molecule has 4 N–H and O–H groups in total. The second-order valence-corrected chi connectivity index (χ2v) is 5.97. The fraction of sp³-hybridized carbons (Fsp3) is 0.263. The molecule has 0 aliphatic heterocycles. The molecule has 1 heterocycles. The van der Waals surface area contributed by atoms with Gasteiger partial charge in [-0.25, -0.2) is 4.79 Å². The maximum Gasteiger partial charge on any atom is 0.407 e. The first-order chi connectivity index (χ1) is 12.6. The average Bonchev–Trinajstić information content (AvgIpc) is 3.15. The van der Waals surface area contributed by atoms with Crippen molar-refractivity contribution in [3.8, 4) is 0 Å². The number of aromatic nitrogens is 2. The Bertz CT molecular complexity index is 850. The van der Waals surface area contributed by atoms with E-state index in [4.69, 9.17) is 4.74 Å². The highest BCUT2D eigenvalue weighted by atomic mass is 16.5. The Morgan fingerprint density at radius 1 is 1.15 bits per heavy atom. The minimum Gasteiger partial charge on any atom is -0.445 e. The number of hydrogen-bond acceptors (Lipinski definition) is 5. The quantitative estimate of drug-likeness (QED) is 0.520. The van der Waals surface area contributed by atoms with E-state index >= 15 is 0 Å². The molecule has 0 radical (unpaired) electrons. The van der Waals surface area contributed by atoms with Crippen molar-refractivity contribution in [1.82, 2.24) is 15.5 Å². The van der Waals surface area contributed by atoms with Gasteiger partial charge in [-0.3, -0.25) is 5.10 Å². The highest BCUT2D eigenvalue weighted by Crippen LogP contribution is 2.26. The standard InChI is InChI=1S/C19H21N3O4/c23-17(18(24)14-7-4-8-16-15(14)11-21-22-16)9-10-20-19(25)26-12-13-5-2-1-3-6-13/h1-8,11,17-18,23-24H,9-10,12H2,(H,20,25)(H,21,22). The monoisotopic (exact) mass is 355 g/mol. The van der Waals surface area contributed by atoms with E-state index in [2.05, 4.69) is 15.5 Å². The lowest BCUT2D eigenvalue weighted by Gasteiger charge is -2.19. The minimum absolute atomic E-state index is 0.181. The van der Waals surface area contributed by atoms with Gasteiger partial charge in [0.25, 0.3) is 0 Å².